The number of hydrogen-bond acceptors (Lipinski definition) is 1. The van der Waals surface area contributed by atoms with Crippen molar-refractivity contribution in [2.24, 2.45) is 0 Å². The van der Waals surface area contributed by atoms with Crippen LogP contribution in [0.1, 0.15) is 10.4 Å². The van der Waals surface area contributed by atoms with Crippen LogP contribution in [0, 0.1) is 0 Å². The van der Waals surface area contributed by atoms with Gasteiger partial charge in [-0.25, -0.2) is 0 Å². The van der Waals surface area contributed by atoms with E-state index in [-0.39, 0.29) is 5.91 Å². The van der Waals surface area contributed by atoms with Gasteiger partial charge in [0.25, 0.3) is 5.91 Å². The Hall–Kier alpha value is -1.66. The van der Waals surface area contributed by atoms with Gasteiger partial charge in [0.1, 0.15) is 0 Å². The van der Waals surface area contributed by atoms with Gasteiger partial charge in [0.2, 0.25) is 0 Å². The molecule has 2 nitrogen and oxygen atoms in total. The highest BCUT2D eigenvalue weighted by molar-refractivity contribution is 7.21. The minimum atomic E-state index is -0.0307. The van der Waals surface area contributed by atoms with Crippen molar-refractivity contribution >= 4 is 21.0 Å². The third-order valence-electron chi connectivity index (χ3n) is 2.27. The molecule has 0 saturated heterocycles. The number of carbonyl (C=O) groups is 1. The Morgan fingerprint density at radius 2 is 1.38 bits per heavy atom. The first-order valence-electron chi connectivity index (χ1n) is 4.98. The first-order valence-corrected chi connectivity index (χ1v) is 5.50. The number of carbonyl (C=O) groups excluding carboxylic acids is 1. The summed E-state index contributed by atoms with van der Waals surface area (Å²) in [5.41, 5.74) is 1.54. The first kappa shape index (κ1) is 10.8. The summed E-state index contributed by atoms with van der Waals surface area (Å²) in [6.07, 6.45) is 0. The molecule has 1 amide bonds. The SMILES string of the molecule is O=C(c1ccccc1)N(P)c1ccccc1. The molecule has 1 atom stereocenters. The second-order valence-electron chi connectivity index (χ2n) is 3.38. The average molecular weight is 229 g/mol. The maximum Gasteiger partial charge on any atom is 0.261 e. The van der Waals surface area contributed by atoms with Crippen LogP contribution in [0.2, 0.25) is 0 Å². The molecule has 0 heterocycles. The topological polar surface area (TPSA) is 20.3 Å². The van der Waals surface area contributed by atoms with E-state index in [1.54, 1.807) is 4.67 Å². The monoisotopic (exact) mass is 229 g/mol. The summed E-state index contributed by atoms with van der Waals surface area (Å²) >= 11 is 0. The molecule has 0 N–H and O–H groups in total. The van der Waals surface area contributed by atoms with Gasteiger partial charge in [-0.05, 0) is 33.7 Å². The van der Waals surface area contributed by atoms with Crippen molar-refractivity contribution in [3.63, 3.8) is 0 Å². The predicted molar refractivity (Wildman–Crippen MR) is 69.4 cm³/mol. The molecule has 0 bridgehead atoms. The molecule has 2 rings (SSSR count). The summed E-state index contributed by atoms with van der Waals surface area (Å²) in [5.74, 6) is -0.0307. The second kappa shape index (κ2) is 4.91. The van der Waals surface area contributed by atoms with Crippen molar-refractivity contribution in [3.05, 3.63) is 66.2 Å². The van der Waals surface area contributed by atoms with Crippen LogP contribution in [0.25, 0.3) is 0 Å². The van der Waals surface area contributed by atoms with E-state index in [2.05, 4.69) is 9.39 Å². The highest BCUT2D eigenvalue weighted by atomic mass is 31.0. The van der Waals surface area contributed by atoms with Gasteiger partial charge in [0, 0.05) is 11.3 Å². The van der Waals surface area contributed by atoms with Gasteiger partial charge >= 0.3 is 0 Å². The molecule has 2 aromatic rings. The van der Waals surface area contributed by atoms with Crippen molar-refractivity contribution in [2.75, 3.05) is 4.67 Å². The van der Waals surface area contributed by atoms with Crippen LogP contribution < -0.4 is 4.67 Å². The Kier molecular flexibility index (Phi) is 3.33. The number of para-hydroxylation sites is 1. The van der Waals surface area contributed by atoms with Crippen molar-refractivity contribution in [3.8, 4) is 0 Å². The zero-order valence-electron chi connectivity index (χ0n) is 8.71. The van der Waals surface area contributed by atoms with E-state index in [4.69, 9.17) is 0 Å². The van der Waals surface area contributed by atoms with Gasteiger partial charge in [-0.3, -0.25) is 9.46 Å². The smallest absolute Gasteiger partial charge is 0.261 e. The highest BCUT2D eigenvalue weighted by Gasteiger charge is 2.12. The normalized spacial score (nSPS) is 9.81. The van der Waals surface area contributed by atoms with Crippen molar-refractivity contribution in [1.82, 2.24) is 0 Å². The lowest BCUT2D eigenvalue weighted by atomic mass is 10.2. The number of anilines is 1. The molecule has 3 heteroatoms. The minimum absolute atomic E-state index is 0.0307. The second-order valence-corrected chi connectivity index (χ2v) is 3.89. The Balaban J connectivity index is 2.24. The van der Waals surface area contributed by atoms with Crippen LogP contribution >= 0.6 is 9.39 Å². The Morgan fingerprint density at radius 3 is 1.94 bits per heavy atom. The lowest BCUT2D eigenvalue weighted by Crippen LogP contribution is -2.19. The maximum absolute atomic E-state index is 12.1. The van der Waals surface area contributed by atoms with Crippen LogP contribution in [0.3, 0.4) is 0 Å². The molecule has 0 aliphatic carbocycles. The van der Waals surface area contributed by atoms with E-state index in [9.17, 15) is 4.79 Å². The summed E-state index contributed by atoms with van der Waals surface area (Å²) in [5, 5.41) is 0. The van der Waals surface area contributed by atoms with E-state index in [0.717, 1.165) is 5.69 Å². The zero-order valence-corrected chi connectivity index (χ0v) is 9.86. The molecular weight excluding hydrogens is 217 g/mol. The fourth-order valence-corrected chi connectivity index (χ4v) is 1.75. The Labute approximate surface area is 97.2 Å². The standard InChI is InChI=1S/C13H12NOP/c15-13(11-7-3-1-4-8-11)14(16)12-9-5-2-6-10-12/h1-10H,16H2. The summed E-state index contributed by atoms with van der Waals surface area (Å²) in [6.45, 7) is 0. The minimum Gasteiger partial charge on any atom is -0.293 e. The fraction of sp³-hybridized carbons (Fsp3) is 0. The molecule has 80 valence electrons. The summed E-state index contributed by atoms with van der Waals surface area (Å²) in [4.78, 5) is 12.1. The van der Waals surface area contributed by atoms with Gasteiger partial charge in [-0.1, -0.05) is 36.4 Å². The molecule has 1 unspecified atom stereocenters. The van der Waals surface area contributed by atoms with E-state index in [0.29, 0.717) is 5.56 Å². The lowest BCUT2D eigenvalue weighted by molar-refractivity contribution is 0.101. The van der Waals surface area contributed by atoms with Crippen LogP contribution in [-0.4, -0.2) is 5.91 Å². The third-order valence-corrected chi connectivity index (χ3v) is 2.81. The number of hydrogen-bond donors (Lipinski definition) is 0. The molecule has 0 aromatic heterocycles. The van der Waals surface area contributed by atoms with Crippen LogP contribution in [0.15, 0.2) is 60.7 Å². The number of rotatable bonds is 2. The van der Waals surface area contributed by atoms with Gasteiger partial charge in [-0.15, -0.1) is 0 Å². The molecule has 0 aliphatic heterocycles. The summed E-state index contributed by atoms with van der Waals surface area (Å²) in [7, 11) is 2.44. The highest BCUT2D eigenvalue weighted by Crippen LogP contribution is 2.20. The van der Waals surface area contributed by atoms with Crippen molar-refractivity contribution < 1.29 is 4.79 Å². The molecule has 0 saturated carbocycles. The van der Waals surface area contributed by atoms with Crippen LogP contribution in [0.4, 0.5) is 5.69 Å². The molecule has 0 aliphatic rings. The molecule has 0 radical (unpaired) electrons. The zero-order chi connectivity index (χ0) is 11.4. The number of benzene rings is 2. The molecule has 16 heavy (non-hydrogen) atoms. The van der Waals surface area contributed by atoms with Gasteiger partial charge < -0.3 is 0 Å². The van der Waals surface area contributed by atoms with E-state index >= 15 is 0 Å². The van der Waals surface area contributed by atoms with Crippen LogP contribution in [-0.2, 0) is 0 Å². The number of amides is 1. The average Bonchev–Trinajstić information content (AvgIpc) is 2.39. The molecular formula is C13H12NOP. The number of nitrogens with zero attached hydrogens (tertiary/aromatic N) is 1. The Morgan fingerprint density at radius 1 is 0.875 bits per heavy atom. The van der Waals surface area contributed by atoms with Crippen LogP contribution in [0.5, 0.6) is 0 Å². The van der Waals surface area contributed by atoms with E-state index in [1.165, 1.54) is 0 Å². The van der Waals surface area contributed by atoms with E-state index in [1.807, 2.05) is 60.7 Å². The third kappa shape index (κ3) is 2.29. The van der Waals surface area contributed by atoms with E-state index < -0.39 is 0 Å². The summed E-state index contributed by atoms with van der Waals surface area (Å²) in [6, 6.07) is 18.8. The van der Waals surface area contributed by atoms with Crippen molar-refractivity contribution in [2.45, 2.75) is 0 Å². The quantitative estimate of drug-likeness (QED) is 0.724. The summed E-state index contributed by atoms with van der Waals surface area (Å²) < 4.78 is 1.56. The van der Waals surface area contributed by atoms with Gasteiger partial charge in [-0.2, -0.15) is 0 Å². The molecule has 0 spiro atoms. The maximum atomic E-state index is 12.1. The lowest BCUT2D eigenvalue weighted by Gasteiger charge is -2.16. The molecule has 0 fully saturated rings. The van der Waals surface area contributed by atoms with Crippen molar-refractivity contribution in [1.29, 1.82) is 0 Å². The largest absolute Gasteiger partial charge is 0.293 e. The fourth-order valence-electron chi connectivity index (χ4n) is 1.43. The van der Waals surface area contributed by atoms with Gasteiger partial charge in [0.15, 0.2) is 0 Å². The molecule has 2 aromatic carbocycles. The first-order chi connectivity index (χ1) is 7.79. The Bertz CT molecular complexity index is 470. The predicted octanol–water partition coefficient (Wildman–Crippen LogP) is 3.12. The van der Waals surface area contributed by atoms with Gasteiger partial charge in [0.05, 0.1) is 0 Å².